The van der Waals surface area contributed by atoms with Gasteiger partial charge in [0.2, 0.25) is 0 Å². The summed E-state index contributed by atoms with van der Waals surface area (Å²) in [5.41, 5.74) is -1.32. The lowest BCUT2D eigenvalue weighted by Crippen LogP contribution is -2.68. The summed E-state index contributed by atoms with van der Waals surface area (Å²) in [6.07, 6.45) is 9.46. The van der Waals surface area contributed by atoms with Crippen LogP contribution in [-0.4, -0.2) is 69.9 Å². The smallest absolute Gasteiger partial charge is 0.335 e. The third kappa shape index (κ3) is 3.39. The average Bonchev–Trinajstić information content (AvgIpc) is 3.16. The van der Waals surface area contributed by atoms with E-state index < -0.39 is 11.2 Å². The van der Waals surface area contributed by atoms with E-state index in [1.807, 2.05) is 6.07 Å². The Kier molecular flexibility index (Phi) is 6.01. The highest BCUT2D eigenvalue weighted by atomic mass is 16.5. The molecule has 6 rings (SSSR count). The maximum atomic E-state index is 12.4. The maximum Gasteiger partial charge on any atom is 0.335 e. The molecule has 7 heteroatoms. The Balaban J connectivity index is 1.26. The van der Waals surface area contributed by atoms with Crippen molar-refractivity contribution in [3.05, 3.63) is 34.4 Å². The van der Waals surface area contributed by atoms with Crippen LogP contribution in [0.4, 0.5) is 0 Å². The summed E-state index contributed by atoms with van der Waals surface area (Å²) in [5.74, 6) is 0.641. The highest BCUT2D eigenvalue weighted by Crippen LogP contribution is 2.71. The van der Waals surface area contributed by atoms with E-state index in [2.05, 4.69) is 18.7 Å². The van der Waals surface area contributed by atoms with Crippen LogP contribution in [0.1, 0.15) is 83.1 Å². The van der Waals surface area contributed by atoms with Gasteiger partial charge in [0.15, 0.2) is 0 Å². The second-order valence-electron chi connectivity index (χ2n) is 13.1. The summed E-state index contributed by atoms with van der Waals surface area (Å²) < 4.78 is 10.8. The first-order chi connectivity index (χ1) is 17.2. The number of fused-ring (bicyclic) bond motifs is 5. The predicted octanol–water partition coefficient (Wildman–Crippen LogP) is 3.06. The highest BCUT2D eigenvalue weighted by molar-refractivity contribution is 5.28. The monoisotopic (exact) mass is 501 g/mol. The minimum absolute atomic E-state index is 0.0157. The van der Waals surface area contributed by atoms with Crippen LogP contribution in [0, 0.1) is 22.7 Å². The van der Waals surface area contributed by atoms with Crippen molar-refractivity contribution in [2.75, 3.05) is 26.4 Å². The molecule has 2 heterocycles. The van der Waals surface area contributed by atoms with Crippen molar-refractivity contribution in [1.29, 1.82) is 0 Å². The van der Waals surface area contributed by atoms with Crippen molar-refractivity contribution in [1.82, 2.24) is 4.90 Å². The summed E-state index contributed by atoms with van der Waals surface area (Å²) in [7, 11) is 0. The van der Waals surface area contributed by atoms with Gasteiger partial charge in [-0.3, -0.25) is 4.90 Å². The van der Waals surface area contributed by atoms with Gasteiger partial charge in [-0.1, -0.05) is 13.8 Å². The van der Waals surface area contributed by atoms with Gasteiger partial charge in [-0.15, -0.1) is 0 Å². The van der Waals surface area contributed by atoms with Crippen molar-refractivity contribution in [2.45, 2.75) is 101 Å². The molecule has 4 saturated carbocycles. The molecule has 0 unspecified atom stereocenters. The van der Waals surface area contributed by atoms with E-state index in [0.29, 0.717) is 19.1 Å². The summed E-state index contributed by atoms with van der Waals surface area (Å²) in [4.78, 5) is 13.9. The van der Waals surface area contributed by atoms with E-state index in [1.165, 1.54) is 6.07 Å². The van der Waals surface area contributed by atoms with Gasteiger partial charge in [0.05, 0.1) is 43.3 Å². The first-order valence-corrected chi connectivity index (χ1v) is 14.1. The Morgan fingerprint density at radius 1 is 1.00 bits per heavy atom. The first kappa shape index (κ1) is 25.1. The molecule has 0 radical (unpaired) electrons. The molecule has 4 aliphatic carbocycles. The zero-order chi connectivity index (χ0) is 25.3. The van der Waals surface area contributed by atoms with Crippen molar-refractivity contribution in [3.8, 4) is 0 Å². The lowest BCUT2D eigenvalue weighted by Gasteiger charge is -2.66. The summed E-state index contributed by atoms with van der Waals surface area (Å²) in [6, 6.07) is 3.66. The van der Waals surface area contributed by atoms with Gasteiger partial charge >= 0.3 is 5.63 Å². The highest BCUT2D eigenvalue weighted by Gasteiger charge is 2.70. The molecule has 5 fully saturated rings. The van der Waals surface area contributed by atoms with Gasteiger partial charge in [0.25, 0.3) is 0 Å². The van der Waals surface area contributed by atoms with E-state index in [-0.39, 0.29) is 47.0 Å². The molecule has 36 heavy (non-hydrogen) atoms. The van der Waals surface area contributed by atoms with Gasteiger partial charge < -0.3 is 24.5 Å². The topological polar surface area (TPSA) is 103 Å². The Bertz CT molecular complexity index is 1020. The van der Waals surface area contributed by atoms with Crippen LogP contribution in [-0.2, 0) is 4.74 Å². The molecule has 0 aromatic carbocycles. The summed E-state index contributed by atoms with van der Waals surface area (Å²) in [5, 5.41) is 34.6. The van der Waals surface area contributed by atoms with Crippen LogP contribution in [0.15, 0.2) is 27.6 Å². The lowest BCUT2D eigenvalue weighted by atomic mass is 9.41. The van der Waals surface area contributed by atoms with Crippen LogP contribution in [0.3, 0.4) is 0 Å². The largest absolute Gasteiger partial charge is 0.431 e. The number of nitrogens with zero attached hydrogens (tertiary/aromatic N) is 1. The Labute approximate surface area is 213 Å². The molecule has 9 atom stereocenters. The van der Waals surface area contributed by atoms with Gasteiger partial charge in [-0.05, 0) is 92.6 Å². The summed E-state index contributed by atoms with van der Waals surface area (Å²) >= 11 is 0. The zero-order valence-corrected chi connectivity index (χ0v) is 21.8. The minimum Gasteiger partial charge on any atom is -0.431 e. The van der Waals surface area contributed by atoms with E-state index in [1.54, 1.807) is 6.26 Å². The third-order valence-electron chi connectivity index (χ3n) is 12.0. The third-order valence-corrected chi connectivity index (χ3v) is 12.0. The molecular formula is C29H43NO6. The Morgan fingerprint density at radius 2 is 1.78 bits per heavy atom. The summed E-state index contributed by atoms with van der Waals surface area (Å²) in [6.45, 7) is 6.70. The van der Waals surface area contributed by atoms with Crippen LogP contribution in [0.2, 0.25) is 0 Å². The molecule has 0 bridgehead atoms. The van der Waals surface area contributed by atoms with Crippen molar-refractivity contribution in [3.63, 3.8) is 0 Å². The maximum absolute atomic E-state index is 12.4. The van der Waals surface area contributed by atoms with Crippen molar-refractivity contribution < 1.29 is 24.5 Å². The normalized spacial score (nSPS) is 49.2. The molecule has 7 nitrogen and oxygen atoms in total. The number of hydrogen-bond donors (Lipinski definition) is 3. The minimum atomic E-state index is -0.774. The SMILES string of the molecule is C[C@]12CC[C@H](N3CCOC[C@H]3CO)C[C@@]1(O)CC[C@@H]1[C@@H]2CC[C@]2(C)[C@@H](c3ccc(=O)oc3)CC[C@]12O. The molecule has 5 aliphatic rings. The van der Waals surface area contributed by atoms with Crippen LogP contribution in [0.25, 0.3) is 0 Å². The molecular weight excluding hydrogens is 458 g/mol. The molecule has 1 aromatic rings. The van der Waals surface area contributed by atoms with E-state index in [9.17, 15) is 20.1 Å². The second-order valence-corrected chi connectivity index (χ2v) is 13.1. The number of morpholine rings is 1. The fourth-order valence-electron chi connectivity index (χ4n) is 9.89. The average molecular weight is 502 g/mol. The molecule has 0 amide bonds. The van der Waals surface area contributed by atoms with E-state index in [4.69, 9.17) is 9.15 Å². The van der Waals surface area contributed by atoms with Crippen LogP contribution < -0.4 is 5.63 Å². The number of hydrogen-bond acceptors (Lipinski definition) is 7. The van der Waals surface area contributed by atoms with Gasteiger partial charge in [0, 0.05) is 24.1 Å². The first-order valence-electron chi connectivity index (χ1n) is 14.1. The standard InChI is InChI=1S/C29H43NO6/c1-26-9-5-20(30-13-14-35-18-21(30)16-31)15-28(26,33)11-7-24-23(26)6-10-27(2)22(8-12-29(24,27)34)19-3-4-25(32)36-17-19/h3-4,17,20-24,31,33-34H,5-16,18H2,1-2H3/t20-,21+,22+,23-,24+,26+,27+,28-,29-/m0/s1. The Hall–Kier alpha value is -1.25. The molecule has 1 saturated heterocycles. The Morgan fingerprint density at radius 3 is 2.53 bits per heavy atom. The molecule has 200 valence electrons. The fourth-order valence-corrected chi connectivity index (χ4v) is 9.89. The fraction of sp³-hybridized carbons (Fsp3) is 0.828. The van der Waals surface area contributed by atoms with E-state index >= 15 is 0 Å². The number of aliphatic hydroxyl groups excluding tert-OH is 1. The van der Waals surface area contributed by atoms with Crippen LogP contribution in [0.5, 0.6) is 0 Å². The molecule has 1 aliphatic heterocycles. The van der Waals surface area contributed by atoms with Crippen molar-refractivity contribution in [2.24, 2.45) is 22.7 Å². The predicted molar refractivity (Wildman–Crippen MR) is 135 cm³/mol. The quantitative estimate of drug-likeness (QED) is 0.585. The zero-order valence-electron chi connectivity index (χ0n) is 21.8. The van der Waals surface area contributed by atoms with Gasteiger partial charge in [0.1, 0.15) is 0 Å². The molecule has 3 N–H and O–H groups in total. The second kappa shape index (κ2) is 8.63. The van der Waals surface area contributed by atoms with Gasteiger partial charge in [-0.25, -0.2) is 4.79 Å². The molecule has 0 spiro atoms. The molecule has 1 aromatic heterocycles. The lowest BCUT2D eigenvalue weighted by molar-refractivity contribution is -0.252. The number of rotatable bonds is 3. The number of ether oxygens (including phenoxy) is 1. The number of aliphatic hydroxyl groups is 3. The van der Waals surface area contributed by atoms with Crippen molar-refractivity contribution >= 4 is 0 Å². The van der Waals surface area contributed by atoms with E-state index in [0.717, 1.165) is 69.9 Å². The van der Waals surface area contributed by atoms with Gasteiger partial charge in [-0.2, -0.15) is 0 Å². The van der Waals surface area contributed by atoms with Crippen LogP contribution >= 0.6 is 0 Å².